The zero-order valence-electron chi connectivity index (χ0n) is 10.9. The number of halogens is 3. The molecule has 0 heterocycles. The minimum Gasteiger partial charge on any atom is -0.370 e. The largest absolute Gasteiger partial charge is 0.370 e. The van der Waals surface area contributed by atoms with Crippen LogP contribution in [0.1, 0.15) is 37.7 Å². The van der Waals surface area contributed by atoms with Crippen LogP contribution >= 0.6 is 44.3 Å². The molecule has 0 bridgehead atoms. The summed E-state index contributed by atoms with van der Waals surface area (Å²) in [5.74, 6) is 0. The third-order valence-electron chi connectivity index (χ3n) is 3.69. The number of rotatable bonds is 2. The van der Waals surface area contributed by atoms with Gasteiger partial charge < -0.3 is 4.90 Å². The van der Waals surface area contributed by atoms with Crippen LogP contribution in [0.4, 0.5) is 5.69 Å². The summed E-state index contributed by atoms with van der Waals surface area (Å²) in [6.45, 7) is 2.18. The molecule has 0 unspecified atom stereocenters. The standard InChI is InChI=1S/C14H19Br2N.ClH/c1-10-8-11(15)9-13(16)14(10)17(2)12-6-4-3-5-7-12;/h8-9,12H,3-7H2,1-2H3;1H. The van der Waals surface area contributed by atoms with E-state index in [0.29, 0.717) is 6.04 Å². The predicted octanol–water partition coefficient (Wildman–Crippen LogP) is 5.71. The van der Waals surface area contributed by atoms with E-state index in [-0.39, 0.29) is 12.4 Å². The van der Waals surface area contributed by atoms with Crippen molar-refractivity contribution in [1.29, 1.82) is 0 Å². The third kappa shape index (κ3) is 3.64. The molecule has 1 aliphatic carbocycles. The molecule has 0 atom stereocenters. The topological polar surface area (TPSA) is 3.24 Å². The smallest absolute Gasteiger partial charge is 0.0541 e. The quantitative estimate of drug-likeness (QED) is 0.618. The lowest BCUT2D eigenvalue weighted by atomic mass is 9.94. The molecule has 1 saturated carbocycles. The first kappa shape index (κ1) is 16.3. The molecule has 0 aliphatic heterocycles. The van der Waals surface area contributed by atoms with Crippen LogP contribution < -0.4 is 4.90 Å². The van der Waals surface area contributed by atoms with Gasteiger partial charge in [-0.2, -0.15) is 0 Å². The molecule has 0 saturated heterocycles. The van der Waals surface area contributed by atoms with Crippen molar-refractivity contribution in [2.75, 3.05) is 11.9 Å². The minimum absolute atomic E-state index is 0. The Morgan fingerprint density at radius 1 is 1.11 bits per heavy atom. The number of hydrogen-bond donors (Lipinski definition) is 0. The van der Waals surface area contributed by atoms with Gasteiger partial charge in [-0.1, -0.05) is 35.2 Å². The van der Waals surface area contributed by atoms with Crippen molar-refractivity contribution < 1.29 is 0 Å². The van der Waals surface area contributed by atoms with E-state index in [4.69, 9.17) is 0 Å². The Balaban J connectivity index is 0.00000162. The van der Waals surface area contributed by atoms with Crippen LogP contribution in [0.25, 0.3) is 0 Å². The molecule has 1 aromatic carbocycles. The summed E-state index contributed by atoms with van der Waals surface area (Å²) < 4.78 is 2.33. The highest BCUT2D eigenvalue weighted by Gasteiger charge is 2.21. The van der Waals surface area contributed by atoms with E-state index in [0.717, 1.165) is 4.47 Å². The summed E-state index contributed by atoms with van der Waals surface area (Å²) in [6.07, 6.45) is 6.83. The third-order valence-corrected chi connectivity index (χ3v) is 4.76. The second kappa shape index (κ2) is 7.16. The first-order valence-electron chi connectivity index (χ1n) is 6.28. The molecule has 1 aliphatic rings. The fourth-order valence-electron chi connectivity index (χ4n) is 2.79. The van der Waals surface area contributed by atoms with E-state index in [1.54, 1.807) is 0 Å². The molecule has 18 heavy (non-hydrogen) atoms. The zero-order valence-corrected chi connectivity index (χ0v) is 14.9. The Morgan fingerprint density at radius 3 is 2.28 bits per heavy atom. The van der Waals surface area contributed by atoms with Crippen LogP contribution in [0, 0.1) is 6.92 Å². The molecule has 102 valence electrons. The minimum atomic E-state index is 0. The molecular weight excluding hydrogens is 377 g/mol. The van der Waals surface area contributed by atoms with Crippen LogP contribution in [0.15, 0.2) is 21.1 Å². The maximum Gasteiger partial charge on any atom is 0.0541 e. The lowest BCUT2D eigenvalue weighted by molar-refractivity contribution is 0.427. The van der Waals surface area contributed by atoms with Crippen molar-refractivity contribution in [3.8, 4) is 0 Å². The highest BCUT2D eigenvalue weighted by atomic mass is 79.9. The van der Waals surface area contributed by atoms with Crippen LogP contribution in [-0.2, 0) is 0 Å². The fourth-order valence-corrected chi connectivity index (χ4v) is 4.51. The highest BCUT2D eigenvalue weighted by molar-refractivity contribution is 9.11. The van der Waals surface area contributed by atoms with Gasteiger partial charge in [0.1, 0.15) is 0 Å². The number of anilines is 1. The SMILES string of the molecule is Cc1cc(Br)cc(Br)c1N(C)C1CCCCC1.Cl. The first-order chi connectivity index (χ1) is 8.09. The maximum absolute atomic E-state index is 3.69. The van der Waals surface area contributed by atoms with E-state index >= 15 is 0 Å². The molecule has 0 aromatic heterocycles. The number of aryl methyl sites for hydroxylation is 1. The van der Waals surface area contributed by atoms with Crippen LogP contribution in [0.2, 0.25) is 0 Å². The average molecular weight is 398 g/mol. The van der Waals surface area contributed by atoms with Gasteiger partial charge in [-0.05, 0) is 53.4 Å². The van der Waals surface area contributed by atoms with E-state index in [9.17, 15) is 0 Å². The molecule has 4 heteroatoms. The average Bonchev–Trinajstić information content (AvgIpc) is 2.28. The summed E-state index contributed by atoms with van der Waals surface area (Å²) in [6, 6.07) is 5.04. The van der Waals surface area contributed by atoms with Gasteiger partial charge in [0.15, 0.2) is 0 Å². The van der Waals surface area contributed by atoms with E-state index < -0.39 is 0 Å². The van der Waals surface area contributed by atoms with Crippen molar-refractivity contribution in [2.24, 2.45) is 0 Å². The zero-order chi connectivity index (χ0) is 12.4. The van der Waals surface area contributed by atoms with Crippen LogP contribution in [0.3, 0.4) is 0 Å². The van der Waals surface area contributed by atoms with Gasteiger partial charge in [-0.3, -0.25) is 0 Å². The van der Waals surface area contributed by atoms with E-state index in [2.05, 4.69) is 62.9 Å². The van der Waals surface area contributed by atoms with Gasteiger partial charge in [0.25, 0.3) is 0 Å². The Bertz CT molecular complexity index is 380. The normalized spacial score (nSPS) is 16.2. The lowest BCUT2D eigenvalue weighted by Gasteiger charge is -2.34. The molecule has 0 radical (unpaired) electrons. The van der Waals surface area contributed by atoms with E-state index in [1.165, 1.54) is 47.8 Å². The number of nitrogens with zero attached hydrogens (tertiary/aromatic N) is 1. The van der Waals surface area contributed by atoms with Crippen LogP contribution in [-0.4, -0.2) is 13.1 Å². The van der Waals surface area contributed by atoms with Crippen molar-refractivity contribution in [2.45, 2.75) is 45.1 Å². The van der Waals surface area contributed by atoms with Gasteiger partial charge in [0, 0.05) is 22.0 Å². The van der Waals surface area contributed by atoms with Gasteiger partial charge in [0.05, 0.1) is 5.69 Å². The number of hydrogen-bond acceptors (Lipinski definition) is 1. The van der Waals surface area contributed by atoms with Gasteiger partial charge >= 0.3 is 0 Å². The molecule has 0 spiro atoms. The second-order valence-electron chi connectivity index (χ2n) is 4.96. The molecule has 1 fully saturated rings. The second-order valence-corrected chi connectivity index (χ2v) is 6.73. The predicted molar refractivity (Wildman–Crippen MR) is 89.1 cm³/mol. The molecule has 1 aromatic rings. The first-order valence-corrected chi connectivity index (χ1v) is 7.86. The molecule has 0 amide bonds. The Labute approximate surface area is 133 Å². The Morgan fingerprint density at radius 2 is 1.72 bits per heavy atom. The van der Waals surface area contributed by atoms with Crippen molar-refractivity contribution >= 4 is 50.0 Å². The molecule has 2 rings (SSSR count). The van der Waals surface area contributed by atoms with Gasteiger partial charge in [0.2, 0.25) is 0 Å². The Kier molecular flexibility index (Phi) is 6.49. The summed E-state index contributed by atoms with van der Waals surface area (Å²) >= 11 is 7.24. The summed E-state index contributed by atoms with van der Waals surface area (Å²) in [5, 5.41) is 0. The highest BCUT2D eigenvalue weighted by Crippen LogP contribution is 2.36. The van der Waals surface area contributed by atoms with Gasteiger partial charge in [-0.15, -0.1) is 12.4 Å². The summed E-state index contributed by atoms with van der Waals surface area (Å²) in [7, 11) is 2.23. The molecule has 0 N–H and O–H groups in total. The van der Waals surface area contributed by atoms with Gasteiger partial charge in [-0.25, -0.2) is 0 Å². The molecule has 1 nitrogen and oxygen atoms in total. The maximum atomic E-state index is 3.69. The van der Waals surface area contributed by atoms with E-state index in [1.807, 2.05) is 0 Å². The molecular formula is C14H20Br2ClN. The fraction of sp³-hybridized carbons (Fsp3) is 0.571. The van der Waals surface area contributed by atoms with Crippen LogP contribution in [0.5, 0.6) is 0 Å². The summed E-state index contributed by atoms with van der Waals surface area (Å²) in [5.41, 5.74) is 2.68. The van der Waals surface area contributed by atoms with Crippen molar-refractivity contribution in [3.63, 3.8) is 0 Å². The number of benzene rings is 1. The lowest BCUT2D eigenvalue weighted by Crippen LogP contribution is -2.34. The Hall–Kier alpha value is 0.270. The monoisotopic (exact) mass is 395 g/mol. The van der Waals surface area contributed by atoms with Crippen molar-refractivity contribution in [1.82, 2.24) is 0 Å². The van der Waals surface area contributed by atoms with Crippen molar-refractivity contribution in [3.05, 3.63) is 26.6 Å². The summed E-state index contributed by atoms with van der Waals surface area (Å²) in [4.78, 5) is 2.46.